The second-order valence-electron chi connectivity index (χ2n) is 6.75. The molecule has 1 atom stereocenters. The lowest BCUT2D eigenvalue weighted by Gasteiger charge is -2.20. The maximum absolute atomic E-state index is 9.11. The third-order valence-corrected chi connectivity index (χ3v) is 5.28. The molecule has 2 aromatic heterocycles. The lowest BCUT2D eigenvalue weighted by Crippen LogP contribution is -2.15. The summed E-state index contributed by atoms with van der Waals surface area (Å²) in [7, 11) is 1.63. The molecular weight excluding hydrogens is 432 g/mol. The second-order valence-corrected chi connectivity index (χ2v) is 7.67. The minimum atomic E-state index is -0.239. The molecule has 0 aliphatic rings. The molecule has 4 aromatic rings. The second kappa shape index (κ2) is 8.71. The lowest BCUT2D eigenvalue weighted by atomic mass is 9.98. The molecule has 0 radical (unpaired) electrons. The number of ether oxygens (including phenoxy) is 1. The molecule has 4 rings (SSSR count). The molecule has 7 heteroatoms. The first-order chi connectivity index (χ1) is 14.2. The highest BCUT2D eigenvalue weighted by molar-refractivity contribution is 9.10. The molecular formula is C22H21BrN4O2. The highest BCUT2D eigenvalue weighted by atomic mass is 79.9. The van der Waals surface area contributed by atoms with Crippen LogP contribution in [0.5, 0.6) is 5.88 Å². The van der Waals surface area contributed by atoms with Crippen LogP contribution in [-0.2, 0) is 6.42 Å². The van der Waals surface area contributed by atoms with Gasteiger partial charge in [0.2, 0.25) is 5.88 Å². The van der Waals surface area contributed by atoms with Gasteiger partial charge in [-0.25, -0.2) is 9.67 Å². The van der Waals surface area contributed by atoms with Crippen LogP contribution in [0.2, 0.25) is 0 Å². The number of hydrogen-bond donors (Lipinski definition) is 1. The molecule has 0 amide bonds. The molecule has 0 bridgehead atoms. The SMILES string of the molecule is COc1nc2ccc(Br)cc2cc1C(c1ccccc1)n1cc(CCCO)nn1. The summed E-state index contributed by atoms with van der Waals surface area (Å²) in [4.78, 5) is 4.73. The van der Waals surface area contributed by atoms with Crippen LogP contribution < -0.4 is 4.74 Å². The van der Waals surface area contributed by atoms with Crippen LogP contribution in [0.3, 0.4) is 0 Å². The number of methoxy groups -OCH3 is 1. The van der Waals surface area contributed by atoms with Gasteiger partial charge >= 0.3 is 0 Å². The smallest absolute Gasteiger partial charge is 0.219 e. The van der Waals surface area contributed by atoms with E-state index in [0.29, 0.717) is 18.7 Å². The van der Waals surface area contributed by atoms with Crippen molar-refractivity contribution in [2.24, 2.45) is 0 Å². The topological polar surface area (TPSA) is 73.1 Å². The van der Waals surface area contributed by atoms with E-state index < -0.39 is 0 Å². The summed E-state index contributed by atoms with van der Waals surface area (Å²) in [5, 5.41) is 18.8. The Morgan fingerprint density at radius 3 is 2.72 bits per heavy atom. The fourth-order valence-electron chi connectivity index (χ4n) is 3.43. The number of aliphatic hydroxyl groups is 1. The van der Waals surface area contributed by atoms with E-state index in [9.17, 15) is 0 Å². The van der Waals surface area contributed by atoms with Gasteiger partial charge in [0.1, 0.15) is 6.04 Å². The van der Waals surface area contributed by atoms with Crippen molar-refractivity contribution in [2.75, 3.05) is 13.7 Å². The van der Waals surface area contributed by atoms with Gasteiger partial charge in [-0.15, -0.1) is 5.10 Å². The summed E-state index contributed by atoms with van der Waals surface area (Å²) in [5.41, 5.74) is 3.67. The quantitative estimate of drug-likeness (QED) is 0.455. The summed E-state index contributed by atoms with van der Waals surface area (Å²) in [6, 6.07) is 17.9. The standard InChI is InChI=1S/C22H21BrN4O2/c1-29-22-19(13-16-12-17(23)9-10-20(16)24-22)21(15-6-3-2-4-7-15)27-14-18(25-26-27)8-5-11-28/h2-4,6-7,9-10,12-14,21,28H,5,8,11H2,1H3. The zero-order valence-electron chi connectivity index (χ0n) is 16.0. The van der Waals surface area contributed by atoms with Crippen molar-refractivity contribution in [1.29, 1.82) is 0 Å². The van der Waals surface area contributed by atoms with Gasteiger partial charge in [-0.1, -0.05) is 51.5 Å². The number of aryl methyl sites for hydroxylation is 1. The predicted octanol–water partition coefficient (Wildman–Crippen LogP) is 4.16. The monoisotopic (exact) mass is 452 g/mol. The molecule has 0 spiro atoms. The van der Waals surface area contributed by atoms with E-state index in [1.807, 2.05) is 47.3 Å². The number of rotatable bonds is 7. The van der Waals surface area contributed by atoms with Crippen LogP contribution in [0.4, 0.5) is 0 Å². The number of aromatic nitrogens is 4. The van der Waals surface area contributed by atoms with E-state index in [2.05, 4.69) is 44.4 Å². The van der Waals surface area contributed by atoms with E-state index in [4.69, 9.17) is 14.8 Å². The molecule has 1 unspecified atom stereocenters. The van der Waals surface area contributed by atoms with E-state index >= 15 is 0 Å². The molecule has 148 valence electrons. The van der Waals surface area contributed by atoms with Crippen LogP contribution in [0.1, 0.15) is 29.3 Å². The van der Waals surface area contributed by atoms with Crippen molar-refractivity contribution in [1.82, 2.24) is 20.0 Å². The summed E-state index contributed by atoms with van der Waals surface area (Å²) >= 11 is 3.54. The molecule has 1 N–H and O–H groups in total. The van der Waals surface area contributed by atoms with Gasteiger partial charge in [-0.2, -0.15) is 0 Å². The van der Waals surface area contributed by atoms with Crippen molar-refractivity contribution in [3.05, 3.63) is 82.1 Å². The Morgan fingerprint density at radius 1 is 1.14 bits per heavy atom. The summed E-state index contributed by atoms with van der Waals surface area (Å²) in [5.74, 6) is 0.557. The zero-order chi connectivity index (χ0) is 20.2. The Hall–Kier alpha value is -2.77. The summed E-state index contributed by atoms with van der Waals surface area (Å²) < 4.78 is 8.49. The first kappa shape index (κ1) is 19.5. The van der Waals surface area contributed by atoms with Crippen LogP contribution in [-0.4, -0.2) is 38.8 Å². The van der Waals surface area contributed by atoms with Crippen LogP contribution >= 0.6 is 15.9 Å². The van der Waals surface area contributed by atoms with Gasteiger partial charge in [0.05, 0.1) is 18.3 Å². The Bertz CT molecular complexity index is 1110. The van der Waals surface area contributed by atoms with Gasteiger partial charge in [-0.05, 0) is 42.7 Å². The first-order valence-electron chi connectivity index (χ1n) is 9.40. The minimum Gasteiger partial charge on any atom is -0.481 e. The Morgan fingerprint density at radius 2 is 1.97 bits per heavy atom. The Balaban J connectivity index is 1.88. The lowest BCUT2D eigenvalue weighted by molar-refractivity contribution is 0.288. The van der Waals surface area contributed by atoms with Crippen molar-refractivity contribution >= 4 is 26.8 Å². The fourth-order valence-corrected chi connectivity index (χ4v) is 3.81. The van der Waals surface area contributed by atoms with E-state index in [1.54, 1.807) is 7.11 Å². The highest BCUT2D eigenvalue weighted by Gasteiger charge is 2.23. The first-order valence-corrected chi connectivity index (χ1v) is 10.2. The summed E-state index contributed by atoms with van der Waals surface area (Å²) in [6.07, 6.45) is 3.26. The van der Waals surface area contributed by atoms with E-state index in [-0.39, 0.29) is 12.6 Å². The molecule has 2 heterocycles. The zero-order valence-corrected chi connectivity index (χ0v) is 17.6. The van der Waals surface area contributed by atoms with Crippen molar-refractivity contribution < 1.29 is 9.84 Å². The number of aliphatic hydroxyl groups excluding tert-OH is 1. The minimum absolute atomic E-state index is 0.131. The van der Waals surface area contributed by atoms with Gasteiger partial charge in [0.15, 0.2) is 0 Å². The number of nitrogens with zero attached hydrogens (tertiary/aromatic N) is 4. The number of halogens is 1. The maximum atomic E-state index is 9.11. The average Bonchev–Trinajstić information content (AvgIpc) is 3.21. The van der Waals surface area contributed by atoms with Gasteiger partial charge in [0.25, 0.3) is 0 Å². The summed E-state index contributed by atoms with van der Waals surface area (Å²) in [6.45, 7) is 0.131. The molecule has 0 fully saturated rings. The third kappa shape index (κ3) is 4.16. The van der Waals surface area contributed by atoms with Crippen LogP contribution in [0.25, 0.3) is 10.9 Å². The van der Waals surface area contributed by atoms with Crippen LogP contribution in [0.15, 0.2) is 65.3 Å². The molecule has 2 aromatic carbocycles. The maximum Gasteiger partial charge on any atom is 0.219 e. The largest absolute Gasteiger partial charge is 0.481 e. The van der Waals surface area contributed by atoms with Gasteiger partial charge < -0.3 is 9.84 Å². The third-order valence-electron chi connectivity index (χ3n) is 4.79. The average molecular weight is 453 g/mol. The van der Waals surface area contributed by atoms with Crippen molar-refractivity contribution in [3.63, 3.8) is 0 Å². The fraction of sp³-hybridized carbons (Fsp3) is 0.227. The molecule has 29 heavy (non-hydrogen) atoms. The van der Waals surface area contributed by atoms with Crippen molar-refractivity contribution in [2.45, 2.75) is 18.9 Å². The van der Waals surface area contributed by atoms with Gasteiger partial charge in [-0.3, -0.25) is 0 Å². The highest BCUT2D eigenvalue weighted by Crippen LogP contribution is 2.34. The number of fused-ring (bicyclic) bond motifs is 1. The Labute approximate surface area is 177 Å². The molecule has 0 aliphatic heterocycles. The normalized spacial score (nSPS) is 12.2. The van der Waals surface area contributed by atoms with Crippen LogP contribution in [0, 0.1) is 0 Å². The predicted molar refractivity (Wildman–Crippen MR) is 115 cm³/mol. The molecule has 0 saturated carbocycles. The van der Waals surface area contributed by atoms with E-state index in [1.165, 1.54) is 0 Å². The molecule has 0 saturated heterocycles. The van der Waals surface area contributed by atoms with E-state index in [0.717, 1.165) is 32.2 Å². The number of hydrogen-bond acceptors (Lipinski definition) is 5. The molecule has 0 aliphatic carbocycles. The number of pyridine rings is 1. The van der Waals surface area contributed by atoms with Gasteiger partial charge in [0, 0.05) is 28.2 Å². The molecule has 6 nitrogen and oxygen atoms in total. The Kier molecular flexibility index (Phi) is 5.87. The van der Waals surface area contributed by atoms with Crippen molar-refractivity contribution in [3.8, 4) is 5.88 Å². The number of benzene rings is 2.